The molecule has 1 atom stereocenters. The van der Waals surface area contributed by atoms with E-state index in [1.807, 2.05) is 39.1 Å². The molecular formula is C16H16BrFIN. The summed E-state index contributed by atoms with van der Waals surface area (Å²) in [5.74, 6) is -0.120. The van der Waals surface area contributed by atoms with Crippen LogP contribution < -0.4 is 5.32 Å². The van der Waals surface area contributed by atoms with E-state index in [1.54, 1.807) is 0 Å². The van der Waals surface area contributed by atoms with Crippen molar-refractivity contribution >= 4 is 38.5 Å². The van der Waals surface area contributed by atoms with Crippen LogP contribution in [0.2, 0.25) is 0 Å². The zero-order valence-corrected chi connectivity index (χ0v) is 15.3. The molecule has 0 aliphatic rings. The van der Waals surface area contributed by atoms with Gasteiger partial charge in [-0.25, -0.2) is 4.39 Å². The molecule has 0 spiro atoms. The van der Waals surface area contributed by atoms with E-state index in [9.17, 15) is 4.39 Å². The van der Waals surface area contributed by atoms with Gasteiger partial charge in [0.25, 0.3) is 0 Å². The molecule has 1 unspecified atom stereocenters. The number of halogens is 3. The van der Waals surface area contributed by atoms with Crippen molar-refractivity contribution in [1.29, 1.82) is 0 Å². The van der Waals surface area contributed by atoms with Crippen molar-refractivity contribution in [2.24, 2.45) is 0 Å². The maximum absolute atomic E-state index is 13.8. The molecule has 20 heavy (non-hydrogen) atoms. The summed E-state index contributed by atoms with van der Waals surface area (Å²) in [5, 5.41) is 3.32. The molecule has 0 fully saturated rings. The first kappa shape index (κ1) is 15.9. The highest BCUT2D eigenvalue weighted by Gasteiger charge is 2.17. The zero-order chi connectivity index (χ0) is 14.9. The summed E-state index contributed by atoms with van der Waals surface area (Å²) in [4.78, 5) is 0. The van der Waals surface area contributed by atoms with Gasteiger partial charge in [0.15, 0.2) is 0 Å². The first-order valence-electron chi connectivity index (χ1n) is 6.33. The molecule has 0 radical (unpaired) electrons. The fourth-order valence-electron chi connectivity index (χ4n) is 2.38. The molecule has 0 saturated heterocycles. The Kier molecular flexibility index (Phi) is 5.20. The lowest BCUT2D eigenvalue weighted by Crippen LogP contribution is -2.19. The smallest absolute Gasteiger partial charge is 0.129 e. The maximum atomic E-state index is 13.8. The largest absolute Gasteiger partial charge is 0.309 e. The molecule has 0 aliphatic heterocycles. The number of nitrogens with one attached hydrogen (secondary N) is 1. The van der Waals surface area contributed by atoms with E-state index in [2.05, 4.69) is 56.0 Å². The van der Waals surface area contributed by atoms with Gasteiger partial charge in [0.2, 0.25) is 0 Å². The predicted octanol–water partition coefficient (Wildman–Crippen LogP) is 5.12. The molecule has 0 amide bonds. The Bertz CT molecular complexity index is 619. The lowest BCUT2D eigenvalue weighted by Gasteiger charge is -2.20. The number of benzene rings is 2. The topological polar surface area (TPSA) is 12.0 Å². The van der Waals surface area contributed by atoms with E-state index in [0.717, 1.165) is 15.6 Å². The van der Waals surface area contributed by atoms with Crippen molar-refractivity contribution in [3.8, 4) is 0 Å². The van der Waals surface area contributed by atoms with Gasteiger partial charge in [0, 0.05) is 8.04 Å². The van der Waals surface area contributed by atoms with E-state index in [0.29, 0.717) is 11.1 Å². The van der Waals surface area contributed by atoms with Gasteiger partial charge in [-0.15, -0.1) is 0 Å². The van der Waals surface area contributed by atoms with E-state index >= 15 is 0 Å². The van der Waals surface area contributed by atoms with E-state index in [1.165, 1.54) is 3.57 Å². The van der Waals surface area contributed by atoms with Crippen LogP contribution in [0.4, 0.5) is 4.39 Å². The second-order valence-electron chi connectivity index (χ2n) is 4.86. The fraction of sp³-hybridized carbons (Fsp3) is 0.250. The quantitative estimate of drug-likeness (QED) is 0.644. The van der Waals surface area contributed by atoms with Gasteiger partial charge in [-0.1, -0.05) is 28.1 Å². The lowest BCUT2D eigenvalue weighted by molar-refractivity contribution is 0.604. The van der Waals surface area contributed by atoms with Crippen LogP contribution in [0.3, 0.4) is 0 Å². The third kappa shape index (κ3) is 3.23. The number of aryl methyl sites for hydroxylation is 2. The third-order valence-corrected chi connectivity index (χ3v) is 4.74. The number of hydrogen-bond donors (Lipinski definition) is 1. The Morgan fingerprint density at radius 3 is 2.30 bits per heavy atom. The number of rotatable bonds is 3. The molecule has 2 aromatic carbocycles. The second-order valence-corrected chi connectivity index (χ2v) is 6.96. The summed E-state index contributed by atoms with van der Waals surface area (Å²) in [5.41, 5.74) is 3.60. The Morgan fingerprint density at radius 1 is 1.15 bits per heavy atom. The third-order valence-electron chi connectivity index (χ3n) is 3.35. The molecule has 1 N–H and O–H groups in total. The van der Waals surface area contributed by atoms with E-state index in [4.69, 9.17) is 0 Å². The average molecular weight is 448 g/mol. The second kappa shape index (κ2) is 6.54. The van der Waals surface area contributed by atoms with Crippen LogP contribution in [0.5, 0.6) is 0 Å². The summed E-state index contributed by atoms with van der Waals surface area (Å²) in [6.45, 7) is 3.62. The average Bonchev–Trinajstić information content (AvgIpc) is 2.40. The highest BCUT2D eigenvalue weighted by Crippen LogP contribution is 2.31. The van der Waals surface area contributed by atoms with E-state index in [-0.39, 0.29) is 11.9 Å². The van der Waals surface area contributed by atoms with Crippen LogP contribution in [0.25, 0.3) is 0 Å². The minimum absolute atomic E-state index is 0.0390. The van der Waals surface area contributed by atoms with Crippen molar-refractivity contribution in [2.75, 3.05) is 7.05 Å². The van der Waals surface area contributed by atoms with Crippen LogP contribution in [-0.2, 0) is 0 Å². The first-order valence-corrected chi connectivity index (χ1v) is 8.20. The van der Waals surface area contributed by atoms with Crippen LogP contribution >= 0.6 is 38.5 Å². The molecule has 0 bridgehead atoms. The molecule has 0 aliphatic carbocycles. The lowest BCUT2D eigenvalue weighted by atomic mass is 9.95. The van der Waals surface area contributed by atoms with Gasteiger partial charge in [-0.05, 0) is 83.9 Å². The summed E-state index contributed by atoms with van der Waals surface area (Å²) in [7, 11) is 1.92. The van der Waals surface area contributed by atoms with Gasteiger partial charge < -0.3 is 5.32 Å². The number of hydrogen-bond acceptors (Lipinski definition) is 1. The highest BCUT2D eigenvalue weighted by atomic mass is 127. The van der Waals surface area contributed by atoms with Gasteiger partial charge >= 0.3 is 0 Å². The van der Waals surface area contributed by atoms with Crippen LogP contribution in [-0.4, -0.2) is 7.05 Å². The molecule has 4 heteroatoms. The Labute approximate surface area is 141 Å². The van der Waals surface area contributed by atoms with Crippen LogP contribution in [0, 0.1) is 23.2 Å². The predicted molar refractivity (Wildman–Crippen MR) is 93.6 cm³/mol. The molecule has 0 heterocycles. The summed E-state index contributed by atoms with van der Waals surface area (Å²) in [6.07, 6.45) is 0. The van der Waals surface area contributed by atoms with Crippen molar-refractivity contribution in [3.63, 3.8) is 0 Å². The normalized spacial score (nSPS) is 12.5. The fourth-order valence-corrected chi connectivity index (χ4v) is 3.37. The van der Waals surface area contributed by atoms with Gasteiger partial charge in [-0.3, -0.25) is 0 Å². The van der Waals surface area contributed by atoms with Gasteiger partial charge in [-0.2, -0.15) is 0 Å². The molecule has 0 saturated carbocycles. The van der Waals surface area contributed by atoms with Gasteiger partial charge in [0.1, 0.15) is 5.82 Å². The van der Waals surface area contributed by atoms with E-state index < -0.39 is 0 Å². The molecule has 0 aromatic heterocycles. The molecule has 1 nitrogen and oxygen atoms in total. The minimum atomic E-state index is -0.120. The minimum Gasteiger partial charge on any atom is -0.309 e. The Hall–Kier alpha value is -0.460. The summed E-state index contributed by atoms with van der Waals surface area (Å²) >= 11 is 5.90. The van der Waals surface area contributed by atoms with Crippen LogP contribution in [0.1, 0.15) is 28.3 Å². The molecule has 2 rings (SSSR count). The standard InChI is InChI=1S/C16H16BrFIN/c1-9-6-11(7-10(2)15(9)18)16(20-3)13-8-12(19)4-5-14(13)17/h4-8,16,20H,1-3H3. The summed E-state index contributed by atoms with van der Waals surface area (Å²) in [6, 6.07) is 10.1. The monoisotopic (exact) mass is 447 g/mol. The molecular weight excluding hydrogens is 432 g/mol. The first-order chi connectivity index (χ1) is 9.43. The van der Waals surface area contributed by atoms with Crippen molar-refractivity contribution in [1.82, 2.24) is 5.32 Å². The van der Waals surface area contributed by atoms with Crippen molar-refractivity contribution in [3.05, 3.63) is 66.4 Å². The highest BCUT2D eigenvalue weighted by molar-refractivity contribution is 14.1. The Morgan fingerprint density at radius 2 is 1.75 bits per heavy atom. The van der Waals surface area contributed by atoms with Crippen LogP contribution in [0.15, 0.2) is 34.8 Å². The maximum Gasteiger partial charge on any atom is 0.129 e. The molecule has 2 aromatic rings. The zero-order valence-electron chi connectivity index (χ0n) is 11.6. The van der Waals surface area contributed by atoms with Gasteiger partial charge in [0.05, 0.1) is 6.04 Å². The Balaban J connectivity index is 2.55. The molecule has 106 valence electrons. The van der Waals surface area contributed by atoms with Crippen molar-refractivity contribution < 1.29 is 4.39 Å². The SMILES string of the molecule is CNC(c1cc(C)c(F)c(C)c1)c1cc(I)ccc1Br. The summed E-state index contributed by atoms with van der Waals surface area (Å²) < 4.78 is 16.0. The van der Waals surface area contributed by atoms with Crippen molar-refractivity contribution in [2.45, 2.75) is 19.9 Å².